The maximum Gasteiger partial charge on any atom is 0.278 e. The van der Waals surface area contributed by atoms with Crippen molar-refractivity contribution in [1.29, 1.82) is 5.26 Å². The fraction of sp³-hybridized carbons (Fsp3) is 0.200. The fourth-order valence-corrected chi connectivity index (χ4v) is 2.48. The molecule has 3 heterocycles. The van der Waals surface area contributed by atoms with Gasteiger partial charge in [0.15, 0.2) is 0 Å². The van der Waals surface area contributed by atoms with Gasteiger partial charge in [0.2, 0.25) is 11.5 Å². The van der Waals surface area contributed by atoms with Crippen molar-refractivity contribution in [2.75, 3.05) is 5.73 Å². The Morgan fingerprint density at radius 2 is 2.19 bits per heavy atom. The summed E-state index contributed by atoms with van der Waals surface area (Å²) >= 11 is 0. The zero-order chi connectivity index (χ0) is 15.1. The van der Waals surface area contributed by atoms with Crippen LogP contribution in [0.4, 0.5) is 5.82 Å². The van der Waals surface area contributed by atoms with Crippen LogP contribution in [0.1, 0.15) is 25.5 Å². The summed E-state index contributed by atoms with van der Waals surface area (Å²) in [5.74, 6) is 0.326. The minimum atomic E-state index is -0.207. The van der Waals surface area contributed by atoms with Crippen molar-refractivity contribution < 1.29 is 4.57 Å². The fourth-order valence-electron chi connectivity index (χ4n) is 2.48. The van der Waals surface area contributed by atoms with E-state index in [2.05, 4.69) is 4.98 Å². The maximum absolute atomic E-state index is 12.6. The topological polar surface area (TPSA) is 88.1 Å². The quantitative estimate of drug-likeness (QED) is 0.535. The molecule has 2 N–H and O–H groups in total. The average molecular weight is 280 g/mol. The molecule has 0 fully saturated rings. The van der Waals surface area contributed by atoms with Gasteiger partial charge in [-0.3, -0.25) is 9.20 Å². The molecular formula is C15H14N5O+. The van der Waals surface area contributed by atoms with Crippen LogP contribution >= 0.6 is 0 Å². The lowest BCUT2D eigenvalue weighted by Crippen LogP contribution is -2.42. The normalized spacial score (nSPS) is 11.1. The van der Waals surface area contributed by atoms with Crippen molar-refractivity contribution >= 4 is 22.5 Å². The molecule has 6 nitrogen and oxygen atoms in total. The van der Waals surface area contributed by atoms with E-state index >= 15 is 0 Å². The van der Waals surface area contributed by atoms with Crippen LogP contribution in [0.5, 0.6) is 0 Å². The molecule has 0 saturated heterocycles. The second-order valence-electron chi connectivity index (χ2n) is 5.10. The van der Waals surface area contributed by atoms with Crippen LogP contribution in [0.25, 0.3) is 16.7 Å². The molecule has 3 aromatic heterocycles. The van der Waals surface area contributed by atoms with Crippen LogP contribution in [-0.4, -0.2) is 9.38 Å². The van der Waals surface area contributed by atoms with E-state index in [0.717, 1.165) is 0 Å². The Labute approximate surface area is 120 Å². The second-order valence-corrected chi connectivity index (χ2v) is 5.10. The first-order valence-electron chi connectivity index (χ1n) is 6.60. The number of fused-ring (bicyclic) bond motifs is 2. The first-order chi connectivity index (χ1) is 10.0. The third-order valence-electron chi connectivity index (χ3n) is 3.44. The molecule has 0 aliphatic heterocycles. The molecule has 0 aromatic carbocycles. The van der Waals surface area contributed by atoms with Crippen LogP contribution in [0.15, 0.2) is 35.3 Å². The molecule has 3 rings (SSSR count). The van der Waals surface area contributed by atoms with Crippen molar-refractivity contribution in [3.63, 3.8) is 0 Å². The zero-order valence-electron chi connectivity index (χ0n) is 11.7. The number of anilines is 1. The summed E-state index contributed by atoms with van der Waals surface area (Å²) in [4.78, 5) is 17.1. The van der Waals surface area contributed by atoms with E-state index in [0.29, 0.717) is 22.5 Å². The number of pyridine rings is 2. The van der Waals surface area contributed by atoms with Crippen LogP contribution in [0.2, 0.25) is 0 Å². The number of nitriles is 1. The van der Waals surface area contributed by atoms with Crippen molar-refractivity contribution in [1.82, 2.24) is 9.38 Å². The molecule has 0 unspecified atom stereocenters. The molecule has 104 valence electrons. The SMILES string of the molecule is CC(C)[n+]1c(N)c(C#N)cc2c(=O)n3ccccc3nc21. The Morgan fingerprint density at radius 1 is 1.43 bits per heavy atom. The van der Waals surface area contributed by atoms with Gasteiger partial charge in [0, 0.05) is 6.20 Å². The lowest BCUT2D eigenvalue weighted by Gasteiger charge is -2.12. The zero-order valence-corrected chi connectivity index (χ0v) is 11.7. The maximum atomic E-state index is 12.6. The van der Waals surface area contributed by atoms with E-state index in [1.807, 2.05) is 26.0 Å². The predicted octanol–water partition coefficient (Wildman–Crippen LogP) is 1.17. The van der Waals surface area contributed by atoms with Gasteiger partial charge in [-0.15, -0.1) is 0 Å². The molecule has 21 heavy (non-hydrogen) atoms. The van der Waals surface area contributed by atoms with E-state index in [-0.39, 0.29) is 17.2 Å². The van der Waals surface area contributed by atoms with Gasteiger partial charge < -0.3 is 5.73 Å². The van der Waals surface area contributed by atoms with E-state index in [1.165, 1.54) is 10.5 Å². The highest BCUT2D eigenvalue weighted by Crippen LogP contribution is 2.15. The third kappa shape index (κ3) is 1.82. The van der Waals surface area contributed by atoms with Crippen LogP contribution in [0.3, 0.4) is 0 Å². The molecule has 0 radical (unpaired) electrons. The minimum absolute atomic E-state index is 0.0149. The van der Waals surface area contributed by atoms with Gasteiger partial charge in [0.05, 0.1) is 6.04 Å². The number of nitrogens with zero attached hydrogens (tertiary/aromatic N) is 4. The van der Waals surface area contributed by atoms with Crippen molar-refractivity contribution in [2.45, 2.75) is 19.9 Å². The summed E-state index contributed by atoms with van der Waals surface area (Å²) in [5, 5.41) is 9.60. The van der Waals surface area contributed by atoms with Crippen LogP contribution in [0, 0.1) is 11.3 Å². The molecule has 0 aliphatic rings. The number of hydrogen-bond donors (Lipinski definition) is 1. The summed E-state index contributed by atoms with van der Waals surface area (Å²) in [7, 11) is 0. The largest absolute Gasteiger partial charge is 0.317 e. The Kier molecular flexibility index (Phi) is 2.84. The number of aromatic nitrogens is 3. The molecule has 0 spiro atoms. The molecule has 0 saturated carbocycles. The molecular weight excluding hydrogens is 266 g/mol. The lowest BCUT2D eigenvalue weighted by atomic mass is 10.2. The number of rotatable bonds is 1. The van der Waals surface area contributed by atoms with E-state index in [9.17, 15) is 10.1 Å². The van der Waals surface area contributed by atoms with Crippen LogP contribution in [-0.2, 0) is 0 Å². The van der Waals surface area contributed by atoms with Crippen molar-refractivity contribution in [2.24, 2.45) is 0 Å². The van der Waals surface area contributed by atoms with Gasteiger partial charge in [-0.25, -0.2) is 4.57 Å². The summed E-state index contributed by atoms with van der Waals surface area (Å²) < 4.78 is 3.19. The van der Waals surface area contributed by atoms with E-state index in [1.54, 1.807) is 22.9 Å². The van der Waals surface area contributed by atoms with Gasteiger partial charge in [-0.05, 0) is 32.0 Å². The van der Waals surface area contributed by atoms with Gasteiger partial charge >= 0.3 is 0 Å². The number of hydrogen-bond acceptors (Lipinski definition) is 4. The Balaban J connectivity index is 2.63. The van der Waals surface area contributed by atoms with E-state index < -0.39 is 0 Å². The smallest absolute Gasteiger partial charge is 0.278 e. The summed E-state index contributed by atoms with van der Waals surface area (Å²) in [6.07, 6.45) is 1.66. The number of nitrogens with two attached hydrogens (primary N) is 1. The predicted molar refractivity (Wildman–Crippen MR) is 78.7 cm³/mol. The third-order valence-corrected chi connectivity index (χ3v) is 3.44. The molecule has 0 atom stereocenters. The van der Waals surface area contributed by atoms with Crippen molar-refractivity contribution in [3.05, 3.63) is 46.4 Å². The van der Waals surface area contributed by atoms with Gasteiger partial charge in [-0.1, -0.05) is 11.1 Å². The highest BCUT2D eigenvalue weighted by molar-refractivity contribution is 5.76. The summed E-state index contributed by atoms with van der Waals surface area (Å²) in [6, 6.07) is 8.88. The standard InChI is InChI=1S/C15H13N5O/c1-9(2)20-13(17)10(8-16)7-11-14(20)18-12-5-3-4-6-19(12)15(11)21/h3-7,9,17H,1-2H3/p+1. The Bertz CT molecular complexity index is 966. The Morgan fingerprint density at radius 3 is 2.86 bits per heavy atom. The average Bonchev–Trinajstić information content (AvgIpc) is 2.46. The van der Waals surface area contributed by atoms with Gasteiger partial charge in [-0.2, -0.15) is 5.26 Å². The highest BCUT2D eigenvalue weighted by Gasteiger charge is 2.22. The monoisotopic (exact) mass is 280 g/mol. The molecule has 0 aliphatic carbocycles. The first kappa shape index (κ1) is 13.1. The molecule has 3 aromatic rings. The van der Waals surface area contributed by atoms with Gasteiger partial charge in [0.25, 0.3) is 11.2 Å². The summed E-state index contributed by atoms with van der Waals surface area (Å²) in [5.41, 5.74) is 7.17. The van der Waals surface area contributed by atoms with Crippen molar-refractivity contribution in [3.8, 4) is 6.07 Å². The lowest BCUT2D eigenvalue weighted by molar-refractivity contribution is -0.679. The van der Waals surface area contributed by atoms with E-state index in [4.69, 9.17) is 5.73 Å². The molecule has 6 heteroatoms. The van der Waals surface area contributed by atoms with Crippen LogP contribution < -0.4 is 15.9 Å². The number of nitrogen functional groups attached to an aromatic ring is 1. The summed E-state index contributed by atoms with van der Waals surface area (Å²) in [6.45, 7) is 3.87. The first-order valence-corrected chi connectivity index (χ1v) is 6.60. The minimum Gasteiger partial charge on any atom is -0.317 e. The molecule has 0 bridgehead atoms. The highest BCUT2D eigenvalue weighted by atomic mass is 16.1. The Hall–Kier alpha value is -2.94. The molecule has 0 amide bonds. The second kappa shape index (κ2) is 4.56. The van der Waals surface area contributed by atoms with Gasteiger partial charge in [0.1, 0.15) is 17.0 Å².